The number of rotatable bonds is 8. The Morgan fingerprint density at radius 1 is 1.32 bits per heavy atom. The highest BCUT2D eigenvalue weighted by Gasteiger charge is 2.20. The van der Waals surface area contributed by atoms with E-state index in [9.17, 15) is 9.90 Å². The lowest BCUT2D eigenvalue weighted by atomic mass is 9.95. The molecule has 1 aliphatic carbocycles. The first-order chi connectivity index (χ1) is 12.1. The maximum Gasteiger partial charge on any atom is 0.264 e. The zero-order valence-electron chi connectivity index (χ0n) is 15.4. The molecule has 0 atom stereocenters. The van der Waals surface area contributed by atoms with Gasteiger partial charge in [0, 0.05) is 25.2 Å². The number of quaternary nitrogens is 1. The van der Waals surface area contributed by atoms with Gasteiger partial charge in [0.25, 0.3) is 5.56 Å². The number of hydrogen-bond donors (Lipinski definition) is 3. The maximum absolute atomic E-state index is 12.2. The molecule has 140 valence electrons. The number of nitrogens with one attached hydrogen (secondary N) is 2. The summed E-state index contributed by atoms with van der Waals surface area (Å²) in [5.74, 6) is -0.0428. The van der Waals surface area contributed by atoms with E-state index in [1.165, 1.54) is 12.6 Å². The minimum Gasteiger partial charge on any atom is -0.494 e. The van der Waals surface area contributed by atoms with Gasteiger partial charge >= 0.3 is 0 Å². The van der Waals surface area contributed by atoms with Gasteiger partial charge in [0.05, 0.1) is 19.6 Å². The summed E-state index contributed by atoms with van der Waals surface area (Å²) in [6.07, 6.45) is 7.91. The molecule has 0 bridgehead atoms. The summed E-state index contributed by atoms with van der Waals surface area (Å²) in [7, 11) is 0. The van der Waals surface area contributed by atoms with Gasteiger partial charge in [0.1, 0.15) is 5.56 Å². The number of aromatic nitrogens is 2. The smallest absolute Gasteiger partial charge is 0.264 e. The number of H-pyrrole nitrogens is 1. The van der Waals surface area contributed by atoms with Crippen LogP contribution in [0.25, 0.3) is 0 Å². The van der Waals surface area contributed by atoms with Crippen LogP contribution in [0.4, 0.5) is 0 Å². The number of nitrogens with zero attached hydrogens (tertiary/aromatic N) is 2. The highest BCUT2D eigenvalue weighted by Crippen LogP contribution is 2.31. The van der Waals surface area contributed by atoms with E-state index in [2.05, 4.69) is 23.8 Å². The van der Waals surface area contributed by atoms with Gasteiger partial charge in [-0.05, 0) is 38.9 Å². The summed E-state index contributed by atoms with van der Waals surface area (Å²) in [5, 5.41) is 10.6. The third kappa shape index (κ3) is 5.25. The number of aromatic hydroxyl groups is 1. The van der Waals surface area contributed by atoms with Crippen molar-refractivity contribution in [2.75, 3.05) is 26.2 Å². The van der Waals surface area contributed by atoms with Crippen LogP contribution in [0, 0.1) is 4.77 Å². The SMILES string of the molecule is CC[NH+](CC)CCCN=Cc1c(O)n(C2CCCCC2)c(=S)[nH]c1=O. The van der Waals surface area contributed by atoms with Crippen LogP contribution in [-0.4, -0.2) is 47.1 Å². The Hall–Kier alpha value is -1.47. The molecule has 2 rings (SSSR count). The van der Waals surface area contributed by atoms with Gasteiger partial charge in [0.2, 0.25) is 5.88 Å². The topological polar surface area (TPSA) is 74.8 Å². The number of aliphatic imine (C=N–C) groups is 1. The van der Waals surface area contributed by atoms with E-state index in [1.807, 2.05) is 0 Å². The monoisotopic (exact) mass is 367 g/mol. The first-order valence-electron chi connectivity index (χ1n) is 9.49. The molecule has 1 aromatic heterocycles. The first kappa shape index (κ1) is 19.8. The molecule has 0 spiro atoms. The van der Waals surface area contributed by atoms with Crippen LogP contribution in [0.3, 0.4) is 0 Å². The second-order valence-electron chi connectivity index (χ2n) is 6.75. The Bertz CT molecular complexity index is 685. The van der Waals surface area contributed by atoms with E-state index in [1.54, 1.807) is 9.47 Å². The quantitative estimate of drug-likeness (QED) is 0.373. The van der Waals surface area contributed by atoms with Crippen molar-refractivity contribution in [2.45, 2.75) is 58.4 Å². The number of aromatic amines is 1. The molecular formula is C18H31N4O2S+. The molecule has 0 radical (unpaired) electrons. The van der Waals surface area contributed by atoms with Gasteiger partial charge in [-0.15, -0.1) is 0 Å². The fourth-order valence-electron chi connectivity index (χ4n) is 3.53. The van der Waals surface area contributed by atoms with Crippen molar-refractivity contribution in [2.24, 2.45) is 4.99 Å². The summed E-state index contributed by atoms with van der Waals surface area (Å²) in [5.41, 5.74) is -0.151. The summed E-state index contributed by atoms with van der Waals surface area (Å²) in [4.78, 5) is 20.8. The van der Waals surface area contributed by atoms with E-state index < -0.39 is 0 Å². The largest absolute Gasteiger partial charge is 0.494 e. The minimum atomic E-state index is -0.368. The molecule has 7 heteroatoms. The van der Waals surface area contributed by atoms with Gasteiger partial charge < -0.3 is 10.0 Å². The Labute approximate surface area is 154 Å². The van der Waals surface area contributed by atoms with Gasteiger partial charge in [-0.25, -0.2) is 0 Å². The summed E-state index contributed by atoms with van der Waals surface area (Å²) < 4.78 is 2.01. The van der Waals surface area contributed by atoms with Gasteiger partial charge in [-0.2, -0.15) is 0 Å². The van der Waals surface area contributed by atoms with Crippen LogP contribution in [0.2, 0.25) is 0 Å². The van der Waals surface area contributed by atoms with Crippen molar-refractivity contribution in [3.63, 3.8) is 0 Å². The van der Waals surface area contributed by atoms with Crippen LogP contribution >= 0.6 is 12.2 Å². The van der Waals surface area contributed by atoms with Crippen LogP contribution in [0.15, 0.2) is 9.79 Å². The predicted molar refractivity (Wildman–Crippen MR) is 104 cm³/mol. The molecule has 3 N–H and O–H groups in total. The molecule has 1 fully saturated rings. The summed E-state index contributed by atoms with van der Waals surface area (Å²) in [6, 6.07) is 0.163. The van der Waals surface area contributed by atoms with Crippen molar-refractivity contribution < 1.29 is 10.0 Å². The second kappa shape index (κ2) is 9.87. The highest BCUT2D eigenvalue weighted by molar-refractivity contribution is 7.71. The van der Waals surface area contributed by atoms with E-state index in [0.29, 0.717) is 11.3 Å². The molecule has 0 aliphatic heterocycles. The van der Waals surface area contributed by atoms with Crippen LogP contribution in [0.5, 0.6) is 5.88 Å². The maximum atomic E-state index is 12.2. The highest BCUT2D eigenvalue weighted by atomic mass is 32.1. The molecule has 1 aliphatic rings. The molecule has 0 aromatic carbocycles. The number of hydrogen-bond acceptors (Lipinski definition) is 4. The minimum absolute atomic E-state index is 0.0428. The van der Waals surface area contributed by atoms with Crippen molar-refractivity contribution in [1.29, 1.82) is 0 Å². The third-order valence-corrected chi connectivity index (χ3v) is 5.43. The lowest BCUT2D eigenvalue weighted by Crippen LogP contribution is -3.11. The molecule has 1 heterocycles. The Morgan fingerprint density at radius 3 is 2.64 bits per heavy atom. The average Bonchev–Trinajstić information content (AvgIpc) is 2.61. The average molecular weight is 368 g/mol. The van der Waals surface area contributed by atoms with Gasteiger partial charge in [-0.1, -0.05) is 19.3 Å². The van der Waals surface area contributed by atoms with Crippen LogP contribution in [-0.2, 0) is 0 Å². The Morgan fingerprint density at radius 2 is 2.00 bits per heavy atom. The first-order valence-corrected chi connectivity index (χ1v) is 9.90. The fraction of sp³-hybridized carbons (Fsp3) is 0.722. The fourth-order valence-corrected chi connectivity index (χ4v) is 3.85. The molecule has 6 nitrogen and oxygen atoms in total. The Balaban J connectivity index is 2.11. The molecule has 1 aromatic rings. The molecular weight excluding hydrogens is 336 g/mol. The van der Waals surface area contributed by atoms with E-state index in [-0.39, 0.29) is 23.0 Å². The van der Waals surface area contributed by atoms with Crippen LogP contribution in [0.1, 0.15) is 64.0 Å². The molecule has 25 heavy (non-hydrogen) atoms. The lowest BCUT2D eigenvalue weighted by Gasteiger charge is -2.25. The van der Waals surface area contributed by atoms with E-state index >= 15 is 0 Å². The van der Waals surface area contributed by atoms with Crippen molar-refractivity contribution in [1.82, 2.24) is 9.55 Å². The third-order valence-electron chi connectivity index (χ3n) is 5.13. The molecule has 0 saturated heterocycles. The predicted octanol–water partition coefficient (Wildman–Crippen LogP) is 1.85. The lowest BCUT2D eigenvalue weighted by molar-refractivity contribution is -0.896. The molecule has 0 unspecified atom stereocenters. The molecule has 0 amide bonds. The summed E-state index contributed by atoms with van der Waals surface area (Å²) >= 11 is 5.28. The van der Waals surface area contributed by atoms with Gasteiger partial charge in [0.15, 0.2) is 4.77 Å². The zero-order chi connectivity index (χ0) is 18.2. The van der Waals surface area contributed by atoms with E-state index in [0.717, 1.165) is 51.7 Å². The standard InChI is InChI=1S/C18H30N4O2S/c1-3-21(4-2)12-8-11-19-13-15-16(23)20-18(25)22(17(15)24)14-9-6-5-7-10-14/h13-14,24H,3-12H2,1-2H3,(H,20,23,25)/p+1. The molecule has 1 saturated carbocycles. The van der Waals surface area contributed by atoms with E-state index in [4.69, 9.17) is 12.2 Å². The normalized spacial score (nSPS) is 16.1. The van der Waals surface area contributed by atoms with Crippen molar-refractivity contribution >= 4 is 18.4 Å². The van der Waals surface area contributed by atoms with Gasteiger partial charge in [-0.3, -0.25) is 19.3 Å². The van der Waals surface area contributed by atoms with Crippen molar-refractivity contribution in [3.8, 4) is 5.88 Å². The summed E-state index contributed by atoms with van der Waals surface area (Å²) in [6.45, 7) is 8.31. The van der Waals surface area contributed by atoms with Crippen LogP contribution < -0.4 is 10.5 Å². The second-order valence-corrected chi connectivity index (χ2v) is 7.14. The van der Waals surface area contributed by atoms with Crippen molar-refractivity contribution in [3.05, 3.63) is 20.7 Å². The Kier molecular flexibility index (Phi) is 7.84. The zero-order valence-corrected chi connectivity index (χ0v) is 16.2.